The van der Waals surface area contributed by atoms with Crippen LogP contribution in [-0.4, -0.2) is 35.3 Å². The number of esters is 1. The number of fused-ring (bicyclic) bond motifs is 2. The van der Waals surface area contributed by atoms with Crippen LogP contribution in [0.1, 0.15) is 30.4 Å². The molecule has 0 spiro atoms. The van der Waals surface area contributed by atoms with Crippen LogP contribution in [0, 0.1) is 23.7 Å². The lowest BCUT2D eigenvalue weighted by Gasteiger charge is -2.32. The van der Waals surface area contributed by atoms with E-state index in [1.165, 1.54) is 0 Å². The summed E-state index contributed by atoms with van der Waals surface area (Å²) in [7, 11) is 0. The average Bonchev–Trinajstić information content (AvgIpc) is 3.64. The van der Waals surface area contributed by atoms with Gasteiger partial charge in [0, 0.05) is 6.54 Å². The molecule has 2 bridgehead atoms. The molecule has 2 amide bonds. The van der Waals surface area contributed by atoms with Crippen molar-refractivity contribution in [3.05, 3.63) is 83.9 Å². The summed E-state index contributed by atoms with van der Waals surface area (Å²) in [5, 5.41) is 0. The molecule has 2 aromatic carbocycles. The number of likely N-dealkylation sites (tertiary alicyclic amines) is 1. The minimum Gasteiger partial charge on any atom is -0.461 e. The Kier molecular flexibility index (Phi) is 6.95. The van der Waals surface area contributed by atoms with E-state index < -0.39 is 17.9 Å². The second-order valence-corrected chi connectivity index (χ2v) is 9.52. The molecule has 1 N–H and O–H groups in total. The number of ether oxygens (including phenoxy) is 1. The van der Waals surface area contributed by atoms with Crippen molar-refractivity contribution in [1.82, 2.24) is 10.4 Å². The number of benzene rings is 2. The zero-order valence-electron chi connectivity index (χ0n) is 19.5. The van der Waals surface area contributed by atoms with Gasteiger partial charge in [-0.15, -0.1) is 0 Å². The summed E-state index contributed by atoms with van der Waals surface area (Å²) >= 11 is 0. The molecular formula is C28H30N2O5. The lowest BCUT2D eigenvalue weighted by molar-refractivity contribution is -0.158. The second kappa shape index (κ2) is 10.4. The number of allylic oxidation sites excluding steroid dienone is 2. The third-order valence-corrected chi connectivity index (χ3v) is 7.33. The number of carbonyl (C=O) groups is 3. The first-order chi connectivity index (χ1) is 17.1. The fourth-order valence-corrected chi connectivity index (χ4v) is 5.63. The summed E-state index contributed by atoms with van der Waals surface area (Å²) in [6.07, 6.45) is 6.16. The van der Waals surface area contributed by atoms with E-state index in [2.05, 4.69) is 5.48 Å². The highest BCUT2D eigenvalue weighted by atomic mass is 16.7. The van der Waals surface area contributed by atoms with Gasteiger partial charge in [-0.05, 0) is 42.2 Å². The number of rotatable bonds is 8. The first kappa shape index (κ1) is 23.3. The number of nitrogens with zero attached hydrogens (tertiary/aromatic N) is 1. The van der Waals surface area contributed by atoms with Gasteiger partial charge >= 0.3 is 5.97 Å². The maximum atomic E-state index is 13.7. The number of amides is 2. The van der Waals surface area contributed by atoms with Crippen LogP contribution >= 0.6 is 0 Å². The van der Waals surface area contributed by atoms with Gasteiger partial charge < -0.3 is 9.64 Å². The summed E-state index contributed by atoms with van der Waals surface area (Å²) in [4.78, 5) is 46.7. The van der Waals surface area contributed by atoms with Crippen molar-refractivity contribution in [1.29, 1.82) is 0 Å². The van der Waals surface area contributed by atoms with Gasteiger partial charge in [-0.3, -0.25) is 19.2 Å². The SMILES string of the molecule is O=C(OCc1ccccc1)[C@@H]1[C@H](C(=O)N2CCC[C@H]2C(=O)NOCc2ccccc2)[C@@H]2C=C[C@H]1C2. The Balaban J connectivity index is 1.22. The van der Waals surface area contributed by atoms with E-state index in [9.17, 15) is 14.4 Å². The number of hydrogen-bond acceptors (Lipinski definition) is 5. The summed E-state index contributed by atoms with van der Waals surface area (Å²) < 4.78 is 5.63. The van der Waals surface area contributed by atoms with Crippen molar-refractivity contribution in [3.8, 4) is 0 Å². The van der Waals surface area contributed by atoms with E-state index >= 15 is 0 Å². The zero-order chi connectivity index (χ0) is 24.2. The molecule has 1 heterocycles. The van der Waals surface area contributed by atoms with Crippen LogP contribution in [0.25, 0.3) is 0 Å². The van der Waals surface area contributed by atoms with E-state index in [0.29, 0.717) is 13.0 Å². The fraction of sp³-hybridized carbons (Fsp3) is 0.393. The molecule has 7 nitrogen and oxygen atoms in total. The highest BCUT2D eigenvalue weighted by Crippen LogP contribution is 2.49. The van der Waals surface area contributed by atoms with Crippen LogP contribution in [0.5, 0.6) is 0 Å². The highest BCUT2D eigenvalue weighted by Gasteiger charge is 2.54. The van der Waals surface area contributed by atoms with Crippen LogP contribution in [-0.2, 0) is 37.2 Å². The number of carbonyl (C=O) groups excluding carboxylic acids is 3. The molecule has 0 aromatic heterocycles. The minimum atomic E-state index is -0.595. The van der Waals surface area contributed by atoms with Gasteiger partial charge in [0.1, 0.15) is 12.6 Å². The second-order valence-electron chi connectivity index (χ2n) is 9.52. The van der Waals surface area contributed by atoms with Crippen LogP contribution in [0.15, 0.2) is 72.8 Å². The van der Waals surface area contributed by atoms with Gasteiger partial charge in [-0.25, -0.2) is 5.48 Å². The molecule has 0 unspecified atom stereocenters. The van der Waals surface area contributed by atoms with E-state index in [4.69, 9.17) is 9.57 Å². The van der Waals surface area contributed by atoms with Gasteiger partial charge in [0.2, 0.25) is 5.91 Å². The normalized spacial score (nSPS) is 26.6. The van der Waals surface area contributed by atoms with Crippen molar-refractivity contribution in [2.24, 2.45) is 23.7 Å². The van der Waals surface area contributed by atoms with Gasteiger partial charge in [0.05, 0.1) is 18.4 Å². The Morgan fingerprint density at radius 2 is 1.49 bits per heavy atom. The molecule has 2 aliphatic carbocycles. The van der Waals surface area contributed by atoms with Crippen LogP contribution in [0.4, 0.5) is 0 Å². The summed E-state index contributed by atoms with van der Waals surface area (Å²) in [5.41, 5.74) is 4.37. The largest absolute Gasteiger partial charge is 0.461 e. The van der Waals surface area contributed by atoms with E-state index in [1.54, 1.807) is 4.90 Å². The molecule has 35 heavy (non-hydrogen) atoms. The van der Waals surface area contributed by atoms with Crippen LogP contribution < -0.4 is 5.48 Å². The van der Waals surface area contributed by atoms with E-state index in [-0.39, 0.29) is 42.8 Å². The molecule has 7 heteroatoms. The van der Waals surface area contributed by atoms with Crippen LogP contribution in [0.3, 0.4) is 0 Å². The minimum absolute atomic E-state index is 0.000386. The van der Waals surface area contributed by atoms with Crippen molar-refractivity contribution < 1.29 is 24.0 Å². The van der Waals surface area contributed by atoms with Gasteiger partial charge in [-0.2, -0.15) is 0 Å². The summed E-state index contributed by atoms with van der Waals surface area (Å²) in [5.74, 6) is -1.80. The molecule has 2 aromatic rings. The zero-order valence-corrected chi connectivity index (χ0v) is 19.5. The molecule has 0 radical (unpaired) electrons. The van der Waals surface area contributed by atoms with E-state index in [0.717, 1.165) is 24.0 Å². The lowest BCUT2D eigenvalue weighted by Crippen LogP contribution is -2.50. The lowest BCUT2D eigenvalue weighted by atomic mass is 9.82. The van der Waals surface area contributed by atoms with Crippen molar-refractivity contribution in [2.75, 3.05) is 6.54 Å². The standard InChI is InChI=1S/C28H30N2O5/c31-26(29-35-18-20-10-5-2-6-11-20)23-12-7-15-30(23)27(32)24-21-13-14-22(16-21)25(24)28(33)34-17-19-8-3-1-4-9-19/h1-6,8-11,13-14,21-25H,7,12,15-18H2,(H,29,31)/t21-,22+,23+,24-,25+/m1/s1. The maximum Gasteiger partial charge on any atom is 0.310 e. The summed E-state index contributed by atoms with van der Waals surface area (Å²) in [6, 6.07) is 18.5. The highest BCUT2D eigenvalue weighted by molar-refractivity contribution is 5.92. The molecule has 1 aliphatic heterocycles. The van der Waals surface area contributed by atoms with Gasteiger partial charge in [0.15, 0.2) is 0 Å². The first-order valence-corrected chi connectivity index (χ1v) is 12.3. The topological polar surface area (TPSA) is 84.9 Å². The Morgan fingerprint density at radius 1 is 0.857 bits per heavy atom. The predicted octanol–water partition coefficient (Wildman–Crippen LogP) is 3.41. The molecular weight excluding hydrogens is 444 g/mol. The number of hydrogen-bond donors (Lipinski definition) is 1. The maximum absolute atomic E-state index is 13.7. The third kappa shape index (κ3) is 5.00. The smallest absolute Gasteiger partial charge is 0.310 e. The van der Waals surface area contributed by atoms with Crippen molar-refractivity contribution >= 4 is 17.8 Å². The Labute approximate surface area is 205 Å². The Morgan fingerprint density at radius 3 is 2.17 bits per heavy atom. The van der Waals surface area contributed by atoms with Crippen molar-refractivity contribution in [2.45, 2.75) is 38.5 Å². The molecule has 3 aliphatic rings. The monoisotopic (exact) mass is 474 g/mol. The molecule has 5 rings (SSSR count). The fourth-order valence-electron chi connectivity index (χ4n) is 5.63. The molecule has 5 atom stereocenters. The quantitative estimate of drug-likeness (QED) is 0.360. The first-order valence-electron chi connectivity index (χ1n) is 12.3. The van der Waals surface area contributed by atoms with E-state index in [1.807, 2.05) is 72.8 Å². The van der Waals surface area contributed by atoms with Gasteiger partial charge in [-0.1, -0.05) is 72.8 Å². The van der Waals surface area contributed by atoms with Gasteiger partial charge in [0.25, 0.3) is 5.91 Å². The molecule has 1 saturated carbocycles. The molecule has 1 saturated heterocycles. The molecule has 182 valence electrons. The Hall–Kier alpha value is -3.45. The molecule has 2 fully saturated rings. The number of hydroxylamine groups is 1. The van der Waals surface area contributed by atoms with Crippen molar-refractivity contribution in [3.63, 3.8) is 0 Å². The Bertz CT molecular complexity index is 1090. The number of nitrogens with one attached hydrogen (secondary N) is 1. The average molecular weight is 475 g/mol. The predicted molar refractivity (Wildman–Crippen MR) is 128 cm³/mol. The third-order valence-electron chi connectivity index (χ3n) is 7.33. The van der Waals surface area contributed by atoms with Crippen LogP contribution in [0.2, 0.25) is 0 Å². The summed E-state index contributed by atoms with van der Waals surface area (Å²) in [6.45, 7) is 0.935.